The summed E-state index contributed by atoms with van der Waals surface area (Å²) in [5.74, 6) is 1.56. The largest absolute Gasteiger partial charge is 0.507 e. The van der Waals surface area contributed by atoms with Crippen LogP contribution in [0.4, 0.5) is 0 Å². The summed E-state index contributed by atoms with van der Waals surface area (Å²) < 4.78 is 0. The van der Waals surface area contributed by atoms with E-state index in [-0.39, 0.29) is 41.9 Å². The van der Waals surface area contributed by atoms with Gasteiger partial charge < -0.3 is 14.9 Å². The zero-order valence-corrected chi connectivity index (χ0v) is 22.8. The van der Waals surface area contributed by atoms with E-state index in [4.69, 9.17) is 0 Å². The molecular weight excluding hydrogens is 450 g/mol. The molecule has 0 aliphatic carbocycles. The number of aliphatic imine (C=N–C) groups is 1. The predicted molar refractivity (Wildman–Crippen MR) is 146 cm³/mol. The Morgan fingerprint density at radius 3 is 2.39 bits per heavy atom. The minimum Gasteiger partial charge on any atom is -0.507 e. The molecule has 0 saturated carbocycles. The second kappa shape index (κ2) is 11.3. The van der Waals surface area contributed by atoms with E-state index in [2.05, 4.69) is 41.1 Å². The lowest BCUT2D eigenvalue weighted by Crippen LogP contribution is -2.33. The van der Waals surface area contributed by atoms with Crippen LogP contribution < -0.4 is 0 Å². The van der Waals surface area contributed by atoms with Crippen LogP contribution in [0.25, 0.3) is 0 Å². The summed E-state index contributed by atoms with van der Waals surface area (Å²) in [5, 5.41) is 11.0. The highest BCUT2D eigenvalue weighted by atomic mass is 16.3. The number of rotatable bonds is 8. The molecule has 3 rings (SSSR count). The number of hydrogen-bond acceptors (Lipinski definition) is 4. The van der Waals surface area contributed by atoms with Gasteiger partial charge in [0.05, 0.1) is 6.54 Å². The number of amides is 1. The third-order valence-corrected chi connectivity index (χ3v) is 7.17. The standard InChI is InChI=1S/C30H41N3O3/c1-8-12-22-18-33(29(31-6)27(22)21-13-10-9-11-14-21)19-26(35)23-15-24(17-32(7)20(2)34)28(36)25(16-23)30(3,4)5/h9-11,13-16,22,27,36H,8,12,17-19H2,1-7H3/t22-,27+/m0/s1. The molecule has 0 unspecified atom stereocenters. The molecule has 0 spiro atoms. The SMILES string of the molecule is CCC[C@H]1CN(CC(=O)c2cc(CN(C)C(C)=O)c(O)c(C(C)(C)C)c2)C(=NC)[C@@H]1c1ccccc1. The van der Waals surface area contributed by atoms with Crippen LogP contribution in [0.2, 0.25) is 0 Å². The number of nitrogens with zero attached hydrogens (tertiary/aromatic N) is 3. The van der Waals surface area contributed by atoms with Crippen molar-refractivity contribution in [1.82, 2.24) is 9.80 Å². The molecule has 1 aliphatic heterocycles. The number of likely N-dealkylation sites (tertiary alicyclic amines) is 1. The Hall–Kier alpha value is -3.15. The van der Waals surface area contributed by atoms with Gasteiger partial charge in [-0.2, -0.15) is 0 Å². The molecule has 2 aromatic rings. The molecule has 1 saturated heterocycles. The van der Waals surface area contributed by atoms with Gasteiger partial charge >= 0.3 is 0 Å². The third-order valence-electron chi connectivity index (χ3n) is 7.17. The molecule has 1 aliphatic rings. The zero-order chi connectivity index (χ0) is 26.6. The molecule has 36 heavy (non-hydrogen) atoms. The van der Waals surface area contributed by atoms with Gasteiger partial charge in [-0.05, 0) is 35.4 Å². The summed E-state index contributed by atoms with van der Waals surface area (Å²) in [5.41, 5.74) is 2.71. The minimum atomic E-state index is -0.363. The quantitative estimate of drug-likeness (QED) is 0.502. The topological polar surface area (TPSA) is 73.2 Å². The first kappa shape index (κ1) is 27.4. The fourth-order valence-corrected chi connectivity index (χ4v) is 5.21. The number of hydrogen-bond donors (Lipinski definition) is 1. The van der Waals surface area contributed by atoms with Crippen molar-refractivity contribution in [3.05, 3.63) is 64.7 Å². The van der Waals surface area contributed by atoms with Gasteiger partial charge in [-0.25, -0.2) is 0 Å². The van der Waals surface area contributed by atoms with E-state index in [1.165, 1.54) is 17.4 Å². The van der Waals surface area contributed by atoms with Crippen LogP contribution in [0.5, 0.6) is 5.75 Å². The molecule has 2 aromatic carbocycles. The molecule has 1 fully saturated rings. The maximum atomic E-state index is 13.7. The zero-order valence-electron chi connectivity index (χ0n) is 22.8. The molecule has 6 nitrogen and oxygen atoms in total. The average Bonchev–Trinajstić information content (AvgIpc) is 3.16. The summed E-state index contributed by atoms with van der Waals surface area (Å²) in [6.45, 7) is 11.0. The molecule has 2 atom stereocenters. The second-order valence-corrected chi connectivity index (χ2v) is 11.0. The average molecular weight is 492 g/mol. The van der Waals surface area contributed by atoms with Crippen molar-refractivity contribution in [3.8, 4) is 5.75 Å². The molecule has 0 aromatic heterocycles. The van der Waals surface area contributed by atoms with Gasteiger partial charge in [-0.15, -0.1) is 0 Å². The van der Waals surface area contributed by atoms with Gasteiger partial charge in [0.1, 0.15) is 11.6 Å². The van der Waals surface area contributed by atoms with Crippen molar-refractivity contribution < 1.29 is 14.7 Å². The molecule has 0 bridgehead atoms. The van der Waals surface area contributed by atoms with Crippen molar-refractivity contribution in [2.45, 2.75) is 65.3 Å². The molecule has 1 amide bonds. The van der Waals surface area contributed by atoms with Crippen LogP contribution in [-0.2, 0) is 16.8 Å². The Morgan fingerprint density at radius 1 is 1.17 bits per heavy atom. The summed E-state index contributed by atoms with van der Waals surface area (Å²) in [7, 11) is 3.50. The Kier molecular flexibility index (Phi) is 8.59. The molecule has 1 heterocycles. The van der Waals surface area contributed by atoms with Gasteiger partial charge in [-0.3, -0.25) is 14.6 Å². The van der Waals surface area contributed by atoms with Crippen LogP contribution in [0, 0.1) is 5.92 Å². The fourth-order valence-electron chi connectivity index (χ4n) is 5.21. The van der Waals surface area contributed by atoms with Crippen LogP contribution in [0.1, 0.15) is 80.4 Å². The van der Waals surface area contributed by atoms with Gasteiger partial charge in [0.25, 0.3) is 0 Å². The molecule has 0 radical (unpaired) electrons. The Morgan fingerprint density at radius 2 is 1.83 bits per heavy atom. The van der Waals surface area contributed by atoms with Gasteiger partial charge in [0, 0.05) is 56.7 Å². The highest BCUT2D eigenvalue weighted by Gasteiger charge is 2.39. The van der Waals surface area contributed by atoms with Gasteiger partial charge in [-0.1, -0.05) is 64.4 Å². The number of carbonyl (C=O) groups excluding carboxylic acids is 2. The number of amidine groups is 1. The number of ketones is 1. The van der Waals surface area contributed by atoms with Crippen molar-refractivity contribution >= 4 is 17.5 Å². The van der Waals surface area contributed by atoms with E-state index >= 15 is 0 Å². The summed E-state index contributed by atoms with van der Waals surface area (Å²) in [6, 6.07) is 14.0. The number of carbonyl (C=O) groups is 2. The summed E-state index contributed by atoms with van der Waals surface area (Å²) in [6.07, 6.45) is 2.14. The third kappa shape index (κ3) is 5.97. The molecule has 194 valence electrons. The highest BCUT2D eigenvalue weighted by molar-refractivity contribution is 6.02. The normalized spacial score (nSPS) is 19.1. The van der Waals surface area contributed by atoms with Crippen molar-refractivity contribution in [2.75, 3.05) is 27.2 Å². The van der Waals surface area contributed by atoms with Crippen molar-refractivity contribution in [1.29, 1.82) is 0 Å². The number of Topliss-reactive ketones (excluding diaryl/α,β-unsaturated/α-hetero) is 1. The lowest BCUT2D eigenvalue weighted by Gasteiger charge is -2.25. The fraction of sp³-hybridized carbons (Fsp3) is 0.500. The first-order valence-electron chi connectivity index (χ1n) is 12.9. The lowest BCUT2D eigenvalue weighted by atomic mass is 9.83. The maximum Gasteiger partial charge on any atom is 0.219 e. The van der Waals surface area contributed by atoms with E-state index in [0.29, 0.717) is 22.6 Å². The van der Waals surface area contributed by atoms with Crippen LogP contribution in [0.15, 0.2) is 47.5 Å². The monoisotopic (exact) mass is 491 g/mol. The van der Waals surface area contributed by atoms with E-state index in [1.807, 2.05) is 40.0 Å². The first-order chi connectivity index (χ1) is 17.0. The highest BCUT2D eigenvalue weighted by Crippen LogP contribution is 2.38. The van der Waals surface area contributed by atoms with E-state index in [1.54, 1.807) is 13.1 Å². The van der Waals surface area contributed by atoms with Crippen LogP contribution >= 0.6 is 0 Å². The Balaban J connectivity index is 1.95. The smallest absolute Gasteiger partial charge is 0.219 e. The number of aromatic hydroxyl groups is 1. The van der Waals surface area contributed by atoms with E-state index < -0.39 is 0 Å². The molecular formula is C30H41N3O3. The van der Waals surface area contributed by atoms with Gasteiger partial charge in [0.2, 0.25) is 5.91 Å². The predicted octanol–water partition coefficient (Wildman–Crippen LogP) is 5.39. The maximum absolute atomic E-state index is 13.7. The number of phenolic OH excluding ortho intramolecular Hbond substituents is 1. The van der Waals surface area contributed by atoms with Crippen molar-refractivity contribution in [2.24, 2.45) is 10.9 Å². The van der Waals surface area contributed by atoms with Crippen LogP contribution in [0.3, 0.4) is 0 Å². The van der Waals surface area contributed by atoms with Crippen LogP contribution in [-0.4, -0.2) is 59.6 Å². The molecule has 6 heteroatoms. The van der Waals surface area contributed by atoms with E-state index in [9.17, 15) is 14.7 Å². The lowest BCUT2D eigenvalue weighted by molar-refractivity contribution is -0.128. The second-order valence-electron chi connectivity index (χ2n) is 11.0. The summed E-state index contributed by atoms with van der Waals surface area (Å²) >= 11 is 0. The minimum absolute atomic E-state index is 0.0164. The number of benzene rings is 2. The van der Waals surface area contributed by atoms with Gasteiger partial charge in [0.15, 0.2) is 5.78 Å². The first-order valence-corrected chi connectivity index (χ1v) is 12.9. The van der Waals surface area contributed by atoms with E-state index in [0.717, 1.165) is 25.2 Å². The Labute approximate surface area is 216 Å². The number of phenols is 1. The molecule has 1 N–H and O–H groups in total. The van der Waals surface area contributed by atoms with Crippen molar-refractivity contribution in [3.63, 3.8) is 0 Å². The Bertz CT molecular complexity index is 1120. The summed E-state index contributed by atoms with van der Waals surface area (Å²) in [4.78, 5) is 33.9.